The van der Waals surface area contributed by atoms with Gasteiger partial charge in [-0.2, -0.15) is 0 Å². The number of anilines is 1. The number of ether oxygens (including phenoxy) is 1. The average Bonchev–Trinajstić information content (AvgIpc) is 3.02. The van der Waals surface area contributed by atoms with E-state index in [-0.39, 0.29) is 18.9 Å². The van der Waals surface area contributed by atoms with E-state index in [4.69, 9.17) is 24.8 Å². The molecule has 2 aromatic rings. The van der Waals surface area contributed by atoms with Gasteiger partial charge in [-0.1, -0.05) is 0 Å². The number of aromatic nitrogens is 4. The van der Waals surface area contributed by atoms with Crippen molar-refractivity contribution in [2.45, 2.75) is 25.2 Å². The van der Waals surface area contributed by atoms with E-state index in [1.165, 1.54) is 6.33 Å². The Morgan fingerprint density at radius 1 is 1.43 bits per heavy atom. The van der Waals surface area contributed by atoms with Gasteiger partial charge in [-0.15, -0.1) is 0 Å². The molecule has 0 spiro atoms. The number of fused-ring (bicyclic) bond motifs is 1. The van der Waals surface area contributed by atoms with Gasteiger partial charge in [0.2, 0.25) is 0 Å². The molecule has 2 atom stereocenters. The smallest absolute Gasteiger partial charge is 0.321 e. The normalized spacial score (nSPS) is 23.0. The van der Waals surface area contributed by atoms with Crippen LogP contribution in [0.1, 0.15) is 19.1 Å². The predicted molar refractivity (Wildman–Crippen MR) is 77.6 cm³/mol. The van der Waals surface area contributed by atoms with Gasteiger partial charge in [-0.05, 0) is 24.6 Å². The molecule has 2 aromatic heterocycles. The van der Waals surface area contributed by atoms with Crippen molar-refractivity contribution < 1.29 is 19.0 Å². The Balaban J connectivity index is 1.73. The SMILES string of the molecule is Nc1ncnc2c1ncn2[C@H]1CC[C@@H](COP(O)(O)=S)O1. The van der Waals surface area contributed by atoms with Crippen LogP contribution in [-0.4, -0.2) is 42.0 Å². The molecule has 0 unspecified atom stereocenters. The minimum Gasteiger partial charge on any atom is -0.382 e. The molecule has 0 aliphatic carbocycles. The highest BCUT2D eigenvalue weighted by Crippen LogP contribution is 2.38. The van der Waals surface area contributed by atoms with Crippen LogP contribution in [0.15, 0.2) is 12.7 Å². The zero-order chi connectivity index (χ0) is 15.0. The summed E-state index contributed by atoms with van der Waals surface area (Å²) < 4.78 is 12.4. The first-order chi connectivity index (χ1) is 9.94. The van der Waals surface area contributed by atoms with Crippen LogP contribution in [0.3, 0.4) is 0 Å². The third-order valence-electron chi connectivity index (χ3n) is 3.21. The second kappa shape index (κ2) is 5.56. The van der Waals surface area contributed by atoms with E-state index < -0.39 is 6.72 Å². The van der Waals surface area contributed by atoms with Gasteiger partial charge >= 0.3 is 6.72 Å². The van der Waals surface area contributed by atoms with Crippen LogP contribution in [0, 0.1) is 0 Å². The number of rotatable bonds is 4. The molecule has 0 amide bonds. The fourth-order valence-corrected chi connectivity index (χ4v) is 2.82. The number of nitrogen functional groups attached to an aromatic ring is 1. The number of nitrogens with zero attached hydrogens (tertiary/aromatic N) is 4. The maximum absolute atomic E-state index is 9.06. The third kappa shape index (κ3) is 3.20. The predicted octanol–water partition coefficient (Wildman–Crippen LogP) is 0.312. The Hall–Kier alpha value is -1.16. The van der Waals surface area contributed by atoms with Gasteiger partial charge in [0.05, 0.1) is 19.0 Å². The molecule has 0 saturated carbocycles. The number of imidazole rings is 1. The molecule has 1 fully saturated rings. The minimum absolute atomic E-state index is 0.0462. The Morgan fingerprint density at radius 2 is 2.24 bits per heavy atom. The van der Waals surface area contributed by atoms with Gasteiger partial charge in [0, 0.05) is 0 Å². The van der Waals surface area contributed by atoms with Gasteiger partial charge in [0.1, 0.15) is 18.1 Å². The summed E-state index contributed by atoms with van der Waals surface area (Å²) >= 11 is 4.40. The van der Waals surface area contributed by atoms with Crippen molar-refractivity contribution in [1.82, 2.24) is 19.5 Å². The molecule has 114 valence electrons. The standard InChI is InChI=1S/C10H14N5O4PS/c11-9-8-10(13-4-12-9)15(5-14-8)7-2-1-6(19-7)3-18-20(16,17)21/h4-7H,1-3H2,(H2,11,12,13)(H2,16,17,21)/t6-,7+/m0/s1. The second-order valence-corrected chi connectivity index (χ2v) is 7.33. The van der Waals surface area contributed by atoms with Crippen molar-refractivity contribution in [1.29, 1.82) is 0 Å². The van der Waals surface area contributed by atoms with E-state index >= 15 is 0 Å². The molecular formula is C10H14N5O4PS. The van der Waals surface area contributed by atoms with Crippen molar-refractivity contribution in [3.8, 4) is 0 Å². The van der Waals surface area contributed by atoms with Gasteiger partial charge in [0.25, 0.3) is 0 Å². The van der Waals surface area contributed by atoms with Crippen LogP contribution in [0.5, 0.6) is 0 Å². The van der Waals surface area contributed by atoms with Crippen LogP contribution >= 0.6 is 6.72 Å². The van der Waals surface area contributed by atoms with E-state index in [1.807, 2.05) is 0 Å². The lowest BCUT2D eigenvalue weighted by molar-refractivity contribution is -0.0178. The zero-order valence-electron chi connectivity index (χ0n) is 10.9. The average molecular weight is 331 g/mol. The van der Waals surface area contributed by atoms with Crippen LogP contribution < -0.4 is 5.73 Å². The van der Waals surface area contributed by atoms with E-state index in [1.54, 1.807) is 10.9 Å². The van der Waals surface area contributed by atoms with Crippen molar-refractivity contribution in [2.24, 2.45) is 0 Å². The Morgan fingerprint density at radius 3 is 3.00 bits per heavy atom. The van der Waals surface area contributed by atoms with Crippen molar-refractivity contribution in [3.05, 3.63) is 12.7 Å². The van der Waals surface area contributed by atoms with Crippen LogP contribution in [0.2, 0.25) is 0 Å². The maximum Gasteiger partial charge on any atom is 0.321 e. The van der Waals surface area contributed by atoms with Crippen LogP contribution in [-0.2, 0) is 21.1 Å². The lowest BCUT2D eigenvalue weighted by Crippen LogP contribution is -2.16. The summed E-state index contributed by atoms with van der Waals surface area (Å²) in [5.74, 6) is 0.317. The summed E-state index contributed by atoms with van der Waals surface area (Å²) in [6, 6.07) is 0. The largest absolute Gasteiger partial charge is 0.382 e. The maximum atomic E-state index is 9.06. The summed E-state index contributed by atoms with van der Waals surface area (Å²) in [7, 11) is 0. The number of hydrogen-bond acceptors (Lipinski definition) is 7. The fraction of sp³-hybridized carbons (Fsp3) is 0.500. The van der Waals surface area contributed by atoms with Gasteiger partial charge in [-0.3, -0.25) is 4.57 Å². The quantitative estimate of drug-likeness (QED) is 0.678. The second-order valence-electron chi connectivity index (χ2n) is 4.66. The summed E-state index contributed by atoms with van der Waals surface area (Å²) in [4.78, 5) is 30.3. The minimum atomic E-state index is -3.65. The number of hydrogen-bond donors (Lipinski definition) is 3. The number of nitrogens with two attached hydrogens (primary N) is 1. The van der Waals surface area contributed by atoms with E-state index in [2.05, 4.69) is 26.8 Å². The fourth-order valence-electron chi connectivity index (χ4n) is 2.27. The Labute approximate surface area is 125 Å². The molecule has 0 radical (unpaired) electrons. The summed E-state index contributed by atoms with van der Waals surface area (Å²) in [5.41, 5.74) is 6.87. The highest BCUT2D eigenvalue weighted by atomic mass is 32.5. The van der Waals surface area contributed by atoms with Crippen molar-refractivity contribution in [2.75, 3.05) is 12.3 Å². The molecule has 21 heavy (non-hydrogen) atoms. The summed E-state index contributed by atoms with van der Waals surface area (Å²) in [5, 5.41) is 0. The highest BCUT2D eigenvalue weighted by molar-refractivity contribution is 8.06. The Kier molecular flexibility index (Phi) is 3.91. The topological polar surface area (TPSA) is 129 Å². The third-order valence-corrected chi connectivity index (χ3v) is 4.01. The van der Waals surface area contributed by atoms with E-state index in [9.17, 15) is 0 Å². The lowest BCUT2D eigenvalue weighted by atomic mass is 10.2. The van der Waals surface area contributed by atoms with Crippen LogP contribution in [0.25, 0.3) is 11.2 Å². The first kappa shape index (κ1) is 14.8. The van der Waals surface area contributed by atoms with Crippen molar-refractivity contribution >= 4 is 35.5 Å². The van der Waals surface area contributed by atoms with Gasteiger partial charge in [-0.25, -0.2) is 15.0 Å². The first-order valence-electron chi connectivity index (χ1n) is 6.22. The summed E-state index contributed by atoms with van der Waals surface area (Å²) in [6.07, 6.45) is 3.90. The molecule has 11 heteroatoms. The van der Waals surface area contributed by atoms with E-state index in [0.29, 0.717) is 23.4 Å². The molecule has 3 rings (SSSR count). The highest BCUT2D eigenvalue weighted by Gasteiger charge is 2.29. The van der Waals surface area contributed by atoms with Gasteiger partial charge < -0.3 is 24.8 Å². The molecule has 4 N–H and O–H groups in total. The molecule has 0 aromatic carbocycles. The van der Waals surface area contributed by atoms with Gasteiger partial charge in [0.15, 0.2) is 11.5 Å². The van der Waals surface area contributed by atoms with Crippen molar-refractivity contribution in [3.63, 3.8) is 0 Å². The van der Waals surface area contributed by atoms with Crippen LogP contribution in [0.4, 0.5) is 5.82 Å². The molecule has 3 heterocycles. The summed E-state index contributed by atoms with van der Waals surface area (Å²) in [6.45, 7) is -3.60. The first-order valence-corrected chi connectivity index (χ1v) is 8.85. The molecule has 1 aliphatic heterocycles. The molecular weight excluding hydrogens is 317 g/mol. The lowest BCUT2D eigenvalue weighted by Gasteiger charge is -2.16. The molecule has 0 bridgehead atoms. The molecule has 1 saturated heterocycles. The van der Waals surface area contributed by atoms with E-state index in [0.717, 1.165) is 6.42 Å². The Bertz CT molecular complexity index is 704. The monoisotopic (exact) mass is 331 g/mol. The molecule has 9 nitrogen and oxygen atoms in total. The zero-order valence-corrected chi connectivity index (χ0v) is 12.6. The molecule has 1 aliphatic rings.